The summed E-state index contributed by atoms with van der Waals surface area (Å²) in [5.41, 5.74) is 0.603. The van der Waals surface area contributed by atoms with Crippen molar-refractivity contribution in [3.63, 3.8) is 0 Å². The Labute approximate surface area is 112 Å². The Bertz CT molecular complexity index is 265. The van der Waals surface area contributed by atoms with E-state index in [0.717, 1.165) is 12.8 Å². The molecule has 1 aromatic carbocycles. The standard InChI is InChI=1S/C11H13O2.HI.Zn/c1-2-3-9-13-11(12)10-7-5-4-6-8-10;;/h4-8H,1-3,9H2;1H;/q-1;;+2/p-1. The first-order valence-corrected chi connectivity index (χ1v) is 13.7. The molecule has 0 aliphatic rings. The van der Waals surface area contributed by atoms with Crippen molar-refractivity contribution in [1.29, 1.82) is 0 Å². The van der Waals surface area contributed by atoms with E-state index in [-0.39, 0.29) is 5.97 Å². The summed E-state index contributed by atoms with van der Waals surface area (Å²) < 4.78 is 4.99. The van der Waals surface area contributed by atoms with Gasteiger partial charge in [-0.2, -0.15) is 6.42 Å². The third-order valence-electron chi connectivity index (χ3n) is 1.64. The number of esters is 1. The zero-order valence-corrected chi connectivity index (χ0v) is 13.7. The van der Waals surface area contributed by atoms with Gasteiger partial charge in [-0.15, -0.1) is 0 Å². The first kappa shape index (κ1) is 15.0. The summed E-state index contributed by atoms with van der Waals surface area (Å²) in [6.45, 7) is 4.12. The summed E-state index contributed by atoms with van der Waals surface area (Å²) in [6, 6.07) is 8.99. The van der Waals surface area contributed by atoms with Gasteiger partial charge in [0.15, 0.2) is 0 Å². The molecule has 0 N–H and O–H groups in total. The topological polar surface area (TPSA) is 26.3 Å². The number of unbranched alkanes of at least 4 members (excludes halogenated alkanes) is 1. The first-order chi connectivity index (χ1) is 7.34. The molecule has 0 saturated carbocycles. The van der Waals surface area contributed by atoms with E-state index in [1.54, 1.807) is 12.1 Å². The minimum atomic E-state index is -0.256. The second kappa shape index (κ2) is 10.6. The Morgan fingerprint density at radius 1 is 1.33 bits per heavy atom. The maximum absolute atomic E-state index is 11.3. The van der Waals surface area contributed by atoms with Gasteiger partial charge in [0.2, 0.25) is 0 Å². The van der Waals surface area contributed by atoms with Gasteiger partial charge in [0.05, 0.1) is 12.2 Å². The van der Waals surface area contributed by atoms with Gasteiger partial charge in [0.1, 0.15) is 0 Å². The normalized spacial score (nSPS) is 8.80. The Hall–Kier alpha value is 0.0434. The summed E-state index contributed by atoms with van der Waals surface area (Å²) >= 11 is 3.62. The van der Waals surface area contributed by atoms with Crippen LogP contribution in [0.2, 0.25) is 0 Å². The van der Waals surface area contributed by atoms with Crippen LogP contribution in [0.3, 0.4) is 0 Å². The molecule has 0 aromatic heterocycles. The molecule has 15 heavy (non-hydrogen) atoms. The minimum absolute atomic E-state index is 0.256. The monoisotopic (exact) mass is 368 g/mol. The van der Waals surface area contributed by atoms with Crippen LogP contribution in [0.25, 0.3) is 0 Å². The molecule has 0 heterocycles. The second-order valence-electron chi connectivity index (χ2n) is 2.71. The molecule has 0 fully saturated rings. The summed E-state index contributed by atoms with van der Waals surface area (Å²) in [5.74, 6) is -0.256. The van der Waals surface area contributed by atoms with Crippen molar-refractivity contribution in [2.45, 2.75) is 12.8 Å². The van der Waals surface area contributed by atoms with Gasteiger partial charge < -0.3 is 11.7 Å². The zero-order chi connectivity index (χ0) is 11.5. The van der Waals surface area contributed by atoms with E-state index in [1.807, 2.05) is 18.2 Å². The Kier molecular flexibility index (Phi) is 10.6. The summed E-state index contributed by atoms with van der Waals surface area (Å²) in [6.07, 6.45) is 1.61. The molecule has 0 aliphatic carbocycles. The van der Waals surface area contributed by atoms with Crippen molar-refractivity contribution in [2.75, 3.05) is 6.61 Å². The van der Waals surface area contributed by atoms with Crippen LogP contribution in [-0.2, 0) is 19.5 Å². The van der Waals surface area contributed by atoms with Gasteiger partial charge in [0.25, 0.3) is 0 Å². The molecule has 1 aromatic rings. The van der Waals surface area contributed by atoms with Crippen LogP contribution >= 0.6 is 19.8 Å². The van der Waals surface area contributed by atoms with Crippen molar-refractivity contribution >= 4 is 25.7 Å². The molecule has 0 bridgehead atoms. The van der Waals surface area contributed by atoms with Crippen LogP contribution in [0.5, 0.6) is 0 Å². The van der Waals surface area contributed by atoms with E-state index < -0.39 is 0 Å². The summed E-state index contributed by atoms with van der Waals surface area (Å²) in [5, 5.41) is 0. The number of hydrogen-bond donors (Lipinski definition) is 0. The van der Waals surface area contributed by atoms with Gasteiger partial charge in [-0.25, -0.2) is 4.79 Å². The van der Waals surface area contributed by atoms with Crippen molar-refractivity contribution in [3.05, 3.63) is 42.8 Å². The van der Waals surface area contributed by atoms with Crippen LogP contribution in [0.1, 0.15) is 23.2 Å². The van der Waals surface area contributed by atoms with Crippen molar-refractivity contribution < 1.29 is 24.3 Å². The third-order valence-corrected chi connectivity index (χ3v) is 1.64. The van der Waals surface area contributed by atoms with Crippen LogP contribution < -0.4 is 0 Å². The molecular weight excluding hydrogens is 356 g/mol. The van der Waals surface area contributed by atoms with Crippen molar-refractivity contribution in [3.8, 4) is 0 Å². The average Bonchev–Trinajstić information content (AvgIpc) is 2.33. The number of benzene rings is 1. The van der Waals surface area contributed by atoms with Crippen molar-refractivity contribution in [1.82, 2.24) is 0 Å². The van der Waals surface area contributed by atoms with Crippen LogP contribution in [-0.4, -0.2) is 12.6 Å². The first-order valence-electron chi connectivity index (χ1n) is 4.62. The van der Waals surface area contributed by atoms with E-state index in [0.29, 0.717) is 12.2 Å². The number of halogens is 1. The number of hydrogen-bond acceptors (Lipinski definition) is 2. The van der Waals surface area contributed by atoms with Crippen molar-refractivity contribution in [2.24, 2.45) is 0 Å². The number of ether oxygens (including phenoxy) is 1. The quantitative estimate of drug-likeness (QED) is 0.268. The molecule has 0 atom stereocenters. The van der Waals surface area contributed by atoms with E-state index >= 15 is 0 Å². The van der Waals surface area contributed by atoms with E-state index in [2.05, 4.69) is 26.7 Å². The van der Waals surface area contributed by atoms with Gasteiger partial charge in [-0.3, -0.25) is 0 Å². The van der Waals surface area contributed by atoms with Gasteiger partial charge in [-0.1, -0.05) is 18.2 Å². The molecular formula is C11H13IO2Zn. The molecule has 0 saturated heterocycles. The van der Waals surface area contributed by atoms with E-state index in [1.165, 1.54) is 14.8 Å². The van der Waals surface area contributed by atoms with Crippen LogP contribution in [0, 0.1) is 6.92 Å². The van der Waals surface area contributed by atoms with E-state index in [9.17, 15) is 4.79 Å². The Balaban J connectivity index is 0.000000921. The van der Waals surface area contributed by atoms with Crippen LogP contribution in [0.4, 0.5) is 0 Å². The number of carbonyl (C=O) groups excluding carboxylic acids is 1. The van der Waals surface area contributed by atoms with Gasteiger partial charge in [0, 0.05) is 0 Å². The fourth-order valence-electron chi connectivity index (χ4n) is 0.924. The van der Waals surface area contributed by atoms with E-state index in [4.69, 9.17) is 4.74 Å². The fourth-order valence-corrected chi connectivity index (χ4v) is 0.924. The fraction of sp³-hybridized carbons (Fsp3) is 0.273. The van der Waals surface area contributed by atoms with Gasteiger partial charge in [-0.05, 0) is 18.6 Å². The molecule has 0 radical (unpaired) electrons. The molecule has 78 valence electrons. The number of carbonyl (C=O) groups is 1. The predicted molar refractivity (Wildman–Crippen MR) is 65.3 cm³/mol. The Morgan fingerprint density at radius 2 is 1.93 bits per heavy atom. The second-order valence-corrected chi connectivity index (χ2v) is 2.71. The summed E-state index contributed by atoms with van der Waals surface area (Å²) in [7, 11) is 0. The molecule has 1 rings (SSSR count). The Morgan fingerprint density at radius 3 is 2.47 bits per heavy atom. The average molecular weight is 370 g/mol. The molecule has 4 heteroatoms. The molecule has 0 amide bonds. The number of rotatable bonds is 4. The summed E-state index contributed by atoms with van der Waals surface area (Å²) in [4.78, 5) is 11.3. The molecule has 0 aliphatic heterocycles. The van der Waals surface area contributed by atoms with Crippen LogP contribution in [0.15, 0.2) is 30.3 Å². The predicted octanol–water partition coefficient (Wildman–Crippen LogP) is 3.34. The zero-order valence-electron chi connectivity index (χ0n) is 8.62. The maximum atomic E-state index is 11.3. The third kappa shape index (κ3) is 7.01. The SMILES string of the molecule is [CH2-]CCCOC(=O)c1ccccc1.[Zn+][I]. The molecule has 0 spiro atoms. The molecule has 0 unspecified atom stereocenters. The van der Waals surface area contributed by atoms with Gasteiger partial charge >= 0.3 is 40.5 Å². The molecule has 2 nitrogen and oxygen atoms in total.